The summed E-state index contributed by atoms with van der Waals surface area (Å²) in [5.41, 5.74) is 0. The molecule has 2 N–H and O–H groups in total. The Bertz CT molecular complexity index is 332. The fraction of sp³-hybridized carbons (Fsp3) is 0.867. The van der Waals surface area contributed by atoms with Crippen LogP contribution in [0.5, 0.6) is 0 Å². The zero-order valence-electron chi connectivity index (χ0n) is 12.5. The van der Waals surface area contributed by atoms with E-state index in [1.165, 1.54) is 6.42 Å². The molecule has 0 aromatic carbocycles. The summed E-state index contributed by atoms with van der Waals surface area (Å²) in [4.78, 5) is 25.9. The Morgan fingerprint density at radius 1 is 1.20 bits per heavy atom. The van der Waals surface area contributed by atoms with E-state index in [2.05, 4.69) is 10.6 Å². The SMILES string of the molecule is CCCC(=O)NC1CCN(C(=O)[C@H]2CCCCN2)CC1. The van der Waals surface area contributed by atoms with E-state index in [0.717, 1.165) is 51.7 Å². The lowest BCUT2D eigenvalue weighted by Gasteiger charge is -2.35. The van der Waals surface area contributed by atoms with Crippen LogP contribution in [-0.2, 0) is 9.59 Å². The van der Waals surface area contributed by atoms with Crippen molar-refractivity contribution < 1.29 is 9.59 Å². The molecule has 2 saturated heterocycles. The Hall–Kier alpha value is -1.10. The highest BCUT2D eigenvalue weighted by Gasteiger charge is 2.29. The lowest BCUT2D eigenvalue weighted by atomic mass is 10.0. The Morgan fingerprint density at radius 2 is 1.95 bits per heavy atom. The maximum Gasteiger partial charge on any atom is 0.239 e. The van der Waals surface area contributed by atoms with Crippen LogP contribution in [0.3, 0.4) is 0 Å². The normalized spacial score (nSPS) is 24.4. The molecular weight excluding hydrogens is 254 g/mol. The summed E-state index contributed by atoms with van der Waals surface area (Å²) in [6, 6.07) is 0.271. The topological polar surface area (TPSA) is 61.4 Å². The number of hydrogen-bond acceptors (Lipinski definition) is 3. The third kappa shape index (κ3) is 4.20. The maximum absolute atomic E-state index is 12.4. The van der Waals surface area contributed by atoms with Crippen LogP contribution in [0, 0.1) is 0 Å². The minimum absolute atomic E-state index is 0.0231. The van der Waals surface area contributed by atoms with Crippen molar-refractivity contribution in [2.75, 3.05) is 19.6 Å². The fourth-order valence-electron chi connectivity index (χ4n) is 3.05. The van der Waals surface area contributed by atoms with Crippen LogP contribution in [0.1, 0.15) is 51.9 Å². The number of piperidine rings is 2. The second-order valence-corrected chi connectivity index (χ2v) is 5.92. The van der Waals surface area contributed by atoms with Crippen molar-refractivity contribution in [2.24, 2.45) is 0 Å². The van der Waals surface area contributed by atoms with Gasteiger partial charge in [-0.25, -0.2) is 0 Å². The standard InChI is InChI=1S/C15H27N3O2/c1-2-5-14(19)17-12-7-10-18(11-8-12)15(20)13-6-3-4-9-16-13/h12-13,16H,2-11H2,1H3,(H,17,19)/t13-/m1/s1. The largest absolute Gasteiger partial charge is 0.353 e. The van der Waals surface area contributed by atoms with Gasteiger partial charge in [0.05, 0.1) is 6.04 Å². The van der Waals surface area contributed by atoms with Crippen molar-refractivity contribution in [3.63, 3.8) is 0 Å². The van der Waals surface area contributed by atoms with E-state index in [9.17, 15) is 9.59 Å². The lowest BCUT2D eigenvalue weighted by Crippen LogP contribution is -2.53. The Kier molecular flexibility index (Phi) is 5.83. The van der Waals surface area contributed by atoms with Gasteiger partial charge in [-0.05, 0) is 38.6 Å². The molecule has 0 radical (unpaired) electrons. The molecule has 0 aromatic heterocycles. The van der Waals surface area contributed by atoms with E-state index in [1.54, 1.807) is 0 Å². The summed E-state index contributed by atoms with van der Waals surface area (Å²) >= 11 is 0. The number of nitrogens with one attached hydrogen (secondary N) is 2. The van der Waals surface area contributed by atoms with Gasteiger partial charge in [0.1, 0.15) is 0 Å². The molecule has 0 bridgehead atoms. The van der Waals surface area contributed by atoms with E-state index in [-0.39, 0.29) is 23.9 Å². The van der Waals surface area contributed by atoms with Gasteiger partial charge in [-0.15, -0.1) is 0 Å². The first kappa shape index (κ1) is 15.3. The van der Waals surface area contributed by atoms with Crippen molar-refractivity contribution in [3.8, 4) is 0 Å². The van der Waals surface area contributed by atoms with E-state index in [4.69, 9.17) is 0 Å². The van der Waals surface area contributed by atoms with Crippen LogP contribution in [0.25, 0.3) is 0 Å². The zero-order chi connectivity index (χ0) is 14.4. The van der Waals surface area contributed by atoms with E-state index in [1.807, 2.05) is 11.8 Å². The predicted octanol–water partition coefficient (Wildman–Crippen LogP) is 1.04. The van der Waals surface area contributed by atoms with Crippen LogP contribution in [0.15, 0.2) is 0 Å². The first-order valence-corrected chi connectivity index (χ1v) is 8.02. The van der Waals surface area contributed by atoms with Crippen molar-refractivity contribution in [1.29, 1.82) is 0 Å². The highest BCUT2D eigenvalue weighted by atomic mass is 16.2. The highest BCUT2D eigenvalue weighted by Crippen LogP contribution is 2.15. The third-order valence-electron chi connectivity index (χ3n) is 4.26. The molecular formula is C15H27N3O2. The number of rotatable bonds is 4. The van der Waals surface area contributed by atoms with Gasteiger partial charge in [0.25, 0.3) is 0 Å². The maximum atomic E-state index is 12.4. The molecule has 0 spiro atoms. The average molecular weight is 281 g/mol. The van der Waals surface area contributed by atoms with Crippen molar-refractivity contribution >= 4 is 11.8 Å². The second kappa shape index (κ2) is 7.62. The van der Waals surface area contributed by atoms with E-state index < -0.39 is 0 Å². The first-order valence-electron chi connectivity index (χ1n) is 8.02. The van der Waals surface area contributed by atoms with Gasteiger partial charge in [0.15, 0.2) is 0 Å². The quantitative estimate of drug-likeness (QED) is 0.809. The van der Waals surface area contributed by atoms with Crippen molar-refractivity contribution in [2.45, 2.75) is 64.0 Å². The monoisotopic (exact) mass is 281 g/mol. The fourth-order valence-corrected chi connectivity index (χ4v) is 3.05. The van der Waals surface area contributed by atoms with E-state index in [0.29, 0.717) is 6.42 Å². The van der Waals surface area contributed by atoms with Gasteiger partial charge < -0.3 is 15.5 Å². The predicted molar refractivity (Wildman–Crippen MR) is 78.3 cm³/mol. The minimum Gasteiger partial charge on any atom is -0.353 e. The van der Waals surface area contributed by atoms with Gasteiger partial charge in [-0.1, -0.05) is 13.3 Å². The van der Waals surface area contributed by atoms with Crippen LogP contribution in [0.4, 0.5) is 0 Å². The number of carbonyl (C=O) groups is 2. The lowest BCUT2D eigenvalue weighted by molar-refractivity contribution is -0.135. The smallest absolute Gasteiger partial charge is 0.239 e. The molecule has 0 aliphatic carbocycles. The summed E-state index contributed by atoms with van der Waals surface area (Å²) in [6.45, 7) is 4.51. The molecule has 5 nitrogen and oxygen atoms in total. The number of carbonyl (C=O) groups excluding carboxylic acids is 2. The molecule has 114 valence electrons. The van der Waals surface area contributed by atoms with Gasteiger partial charge in [0, 0.05) is 25.6 Å². The molecule has 20 heavy (non-hydrogen) atoms. The number of amides is 2. The molecule has 0 saturated carbocycles. The third-order valence-corrected chi connectivity index (χ3v) is 4.26. The van der Waals surface area contributed by atoms with Crippen LogP contribution < -0.4 is 10.6 Å². The Labute approximate surface area is 121 Å². The summed E-state index contributed by atoms with van der Waals surface area (Å²) in [7, 11) is 0. The molecule has 5 heteroatoms. The van der Waals surface area contributed by atoms with E-state index >= 15 is 0 Å². The molecule has 2 rings (SSSR count). The van der Waals surface area contributed by atoms with Crippen LogP contribution in [0.2, 0.25) is 0 Å². The minimum atomic E-state index is 0.0231. The van der Waals surface area contributed by atoms with Gasteiger partial charge in [0.2, 0.25) is 11.8 Å². The molecule has 2 fully saturated rings. The van der Waals surface area contributed by atoms with Crippen LogP contribution in [-0.4, -0.2) is 48.4 Å². The Balaban J connectivity index is 1.73. The molecule has 2 aliphatic rings. The van der Waals surface area contributed by atoms with Crippen molar-refractivity contribution in [3.05, 3.63) is 0 Å². The summed E-state index contributed by atoms with van der Waals surface area (Å²) in [5, 5.41) is 6.38. The number of hydrogen-bond donors (Lipinski definition) is 2. The van der Waals surface area contributed by atoms with Crippen LogP contribution >= 0.6 is 0 Å². The molecule has 0 unspecified atom stereocenters. The van der Waals surface area contributed by atoms with Gasteiger partial charge in [-0.2, -0.15) is 0 Å². The highest BCUT2D eigenvalue weighted by molar-refractivity contribution is 5.82. The Morgan fingerprint density at radius 3 is 2.55 bits per heavy atom. The number of likely N-dealkylation sites (tertiary alicyclic amines) is 1. The molecule has 0 aromatic rings. The molecule has 1 atom stereocenters. The zero-order valence-corrected chi connectivity index (χ0v) is 12.5. The molecule has 2 aliphatic heterocycles. The summed E-state index contributed by atoms with van der Waals surface area (Å²) in [6.07, 6.45) is 6.54. The first-order chi connectivity index (χ1) is 9.70. The van der Waals surface area contributed by atoms with Gasteiger partial charge >= 0.3 is 0 Å². The summed E-state index contributed by atoms with van der Waals surface area (Å²) in [5.74, 6) is 0.397. The second-order valence-electron chi connectivity index (χ2n) is 5.92. The average Bonchev–Trinajstić information content (AvgIpc) is 2.48. The molecule has 2 heterocycles. The molecule has 2 amide bonds. The van der Waals surface area contributed by atoms with Gasteiger partial charge in [-0.3, -0.25) is 9.59 Å². The number of nitrogens with zero attached hydrogens (tertiary/aromatic N) is 1. The summed E-state index contributed by atoms with van der Waals surface area (Å²) < 4.78 is 0. The van der Waals surface area contributed by atoms with Crippen molar-refractivity contribution in [1.82, 2.24) is 15.5 Å².